The molecule has 118 valence electrons. The second-order valence-corrected chi connectivity index (χ2v) is 6.69. The first-order chi connectivity index (χ1) is 11.2. The zero-order chi connectivity index (χ0) is 15.8. The molecule has 23 heavy (non-hydrogen) atoms. The maximum atomic E-state index is 12.7. The molecule has 7 heteroatoms. The smallest absolute Gasteiger partial charge is 0.267 e. The van der Waals surface area contributed by atoms with Gasteiger partial charge in [0.15, 0.2) is 0 Å². The van der Waals surface area contributed by atoms with Crippen molar-refractivity contribution in [1.82, 2.24) is 24.5 Å². The van der Waals surface area contributed by atoms with Crippen LogP contribution in [0, 0.1) is 6.92 Å². The van der Waals surface area contributed by atoms with Crippen LogP contribution in [-0.4, -0.2) is 43.5 Å². The second kappa shape index (κ2) is 5.73. The molecular weight excluding hydrogens is 310 g/mol. The van der Waals surface area contributed by atoms with Gasteiger partial charge in [-0.3, -0.25) is 9.78 Å². The Hall–Kier alpha value is -2.28. The highest BCUT2D eigenvalue weighted by atomic mass is 32.1. The fourth-order valence-corrected chi connectivity index (χ4v) is 3.81. The van der Waals surface area contributed by atoms with Crippen LogP contribution >= 0.6 is 11.5 Å². The summed E-state index contributed by atoms with van der Waals surface area (Å²) >= 11 is 1.18. The minimum Gasteiger partial charge on any atom is -0.357 e. The van der Waals surface area contributed by atoms with Crippen molar-refractivity contribution >= 4 is 28.5 Å². The monoisotopic (exact) mass is 327 g/mol. The van der Waals surface area contributed by atoms with Crippen LogP contribution in [0.3, 0.4) is 0 Å². The number of carbonyl (C=O) groups is 1. The van der Waals surface area contributed by atoms with Crippen molar-refractivity contribution in [2.75, 3.05) is 13.1 Å². The first-order valence-corrected chi connectivity index (χ1v) is 8.51. The van der Waals surface area contributed by atoms with Crippen LogP contribution in [0.2, 0.25) is 0 Å². The van der Waals surface area contributed by atoms with E-state index in [1.54, 1.807) is 6.20 Å². The maximum absolute atomic E-state index is 12.7. The quantitative estimate of drug-likeness (QED) is 0.785. The van der Waals surface area contributed by atoms with E-state index in [0.29, 0.717) is 10.8 Å². The molecule has 4 rings (SSSR count). The van der Waals surface area contributed by atoms with Gasteiger partial charge in [-0.25, -0.2) is 0 Å². The summed E-state index contributed by atoms with van der Waals surface area (Å²) in [7, 11) is 0. The minimum absolute atomic E-state index is 0.0523. The number of nitrogens with one attached hydrogen (secondary N) is 1. The average Bonchev–Trinajstić information content (AvgIpc) is 3.20. The standard InChI is InChI=1S/C16H17N5OS/c1-10-15(23-20-19-10)16(22)21-7-3-4-11(9-21)13-8-14-12(18-13)5-2-6-17-14/h2,5-6,8,11,18H,3-4,7,9H2,1H3. The number of aryl methyl sites for hydroxylation is 1. The molecule has 3 aromatic rings. The van der Waals surface area contributed by atoms with Crippen molar-refractivity contribution in [2.45, 2.75) is 25.7 Å². The number of pyridine rings is 1. The number of rotatable bonds is 2. The van der Waals surface area contributed by atoms with Crippen molar-refractivity contribution in [3.63, 3.8) is 0 Å². The Bertz CT molecular complexity index is 822. The lowest BCUT2D eigenvalue weighted by Crippen LogP contribution is -2.39. The van der Waals surface area contributed by atoms with Crippen LogP contribution < -0.4 is 0 Å². The van der Waals surface area contributed by atoms with E-state index in [2.05, 4.69) is 25.6 Å². The van der Waals surface area contributed by atoms with Crippen molar-refractivity contribution in [1.29, 1.82) is 0 Å². The van der Waals surface area contributed by atoms with E-state index in [-0.39, 0.29) is 5.91 Å². The molecule has 1 aliphatic rings. The Labute approximate surface area is 137 Å². The summed E-state index contributed by atoms with van der Waals surface area (Å²) < 4.78 is 3.87. The number of likely N-dealkylation sites (tertiary alicyclic amines) is 1. The number of amides is 1. The number of piperidine rings is 1. The van der Waals surface area contributed by atoms with Crippen molar-refractivity contribution in [3.8, 4) is 0 Å². The van der Waals surface area contributed by atoms with Crippen molar-refractivity contribution < 1.29 is 4.79 Å². The van der Waals surface area contributed by atoms with E-state index in [1.807, 2.05) is 24.0 Å². The lowest BCUT2D eigenvalue weighted by atomic mass is 9.94. The Morgan fingerprint density at radius 2 is 2.39 bits per heavy atom. The Balaban J connectivity index is 1.57. The molecular formula is C16H17N5OS. The SMILES string of the molecule is Cc1nnsc1C(=O)N1CCCC(c2cc3ncccc3[nH]2)C1. The van der Waals surface area contributed by atoms with E-state index >= 15 is 0 Å². The fraction of sp³-hybridized carbons (Fsp3) is 0.375. The van der Waals surface area contributed by atoms with Gasteiger partial charge in [-0.05, 0) is 49.5 Å². The van der Waals surface area contributed by atoms with Crippen LogP contribution in [0.15, 0.2) is 24.4 Å². The van der Waals surface area contributed by atoms with Gasteiger partial charge in [0.25, 0.3) is 5.91 Å². The number of hydrogen-bond donors (Lipinski definition) is 1. The third-order valence-electron chi connectivity index (χ3n) is 4.40. The third-order valence-corrected chi connectivity index (χ3v) is 5.22. The maximum Gasteiger partial charge on any atom is 0.267 e. The average molecular weight is 327 g/mol. The van der Waals surface area contributed by atoms with Gasteiger partial charge in [-0.1, -0.05) is 4.49 Å². The summed E-state index contributed by atoms with van der Waals surface area (Å²) in [6.45, 7) is 3.36. The summed E-state index contributed by atoms with van der Waals surface area (Å²) in [4.78, 5) is 23.1. The van der Waals surface area contributed by atoms with Gasteiger partial charge in [0.2, 0.25) is 0 Å². The number of aromatic nitrogens is 4. The normalized spacial score (nSPS) is 18.5. The lowest BCUT2D eigenvalue weighted by Gasteiger charge is -2.32. The van der Waals surface area contributed by atoms with E-state index in [9.17, 15) is 4.79 Å². The molecule has 1 N–H and O–H groups in total. The number of carbonyl (C=O) groups excluding carboxylic acids is 1. The van der Waals surface area contributed by atoms with E-state index in [4.69, 9.17) is 0 Å². The predicted octanol–water partition coefficient (Wildman–Crippen LogP) is 2.74. The van der Waals surface area contributed by atoms with Gasteiger partial charge in [-0.2, -0.15) is 0 Å². The molecule has 0 radical (unpaired) electrons. The molecule has 0 spiro atoms. The largest absolute Gasteiger partial charge is 0.357 e. The fourth-order valence-electron chi connectivity index (χ4n) is 3.18. The zero-order valence-corrected chi connectivity index (χ0v) is 13.6. The summed E-state index contributed by atoms with van der Waals surface area (Å²) in [6, 6.07) is 6.07. The summed E-state index contributed by atoms with van der Waals surface area (Å²) in [5.74, 6) is 0.375. The van der Waals surface area contributed by atoms with Crippen LogP contribution in [0.25, 0.3) is 11.0 Å². The summed E-state index contributed by atoms with van der Waals surface area (Å²) in [5, 5.41) is 3.95. The van der Waals surface area contributed by atoms with Gasteiger partial charge in [-0.15, -0.1) is 5.10 Å². The van der Waals surface area contributed by atoms with Crippen LogP contribution in [0.5, 0.6) is 0 Å². The zero-order valence-electron chi connectivity index (χ0n) is 12.8. The molecule has 1 saturated heterocycles. The predicted molar refractivity (Wildman–Crippen MR) is 88.6 cm³/mol. The Kier molecular flexibility index (Phi) is 3.57. The molecule has 0 aromatic carbocycles. The van der Waals surface area contributed by atoms with E-state index < -0.39 is 0 Å². The Morgan fingerprint density at radius 3 is 3.17 bits per heavy atom. The molecule has 1 fully saturated rings. The van der Waals surface area contributed by atoms with Crippen LogP contribution in [0.1, 0.15) is 39.8 Å². The van der Waals surface area contributed by atoms with Gasteiger partial charge in [0, 0.05) is 30.9 Å². The molecule has 1 aliphatic heterocycles. The van der Waals surface area contributed by atoms with Gasteiger partial charge < -0.3 is 9.88 Å². The van der Waals surface area contributed by atoms with E-state index in [0.717, 1.165) is 48.4 Å². The molecule has 6 nitrogen and oxygen atoms in total. The first-order valence-electron chi connectivity index (χ1n) is 7.74. The van der Waals surface area contributed by atoms with Gasteiger partial charge >= 0.3 is 0 Å². The Morgan fingerprint density at radius 1 is 1.48 bits per heavy atom. The topological polar surface area (TPSA) is 74.8 Å². The molecule has 1 unspecified atom stereocenters. The minimum atomic E-state index is 0.0523. The van der Waals surface area contributed by atoms with Crippen LogP contribution in [0.4, 0.5) is 0 Å². The highest BCUT2D eigenvalue weighted by Gasteiger charge is 2.28. The number of fused-ring (bicyclic) bond motifs is 1. The molecule has 0 bridgehead atoms. The molecule has 0 aliphatic carbocycles. The van der Waals surface area contributed by atoms with Crippen molar-refractivity contribution in [3.05, 3.63) is 40.7 Å². The third kappa shape index (κ3) is 2.61. The van der Waals surface area contributed by atoms with Gasteiger partial charge in [0.05, 0.1) is 16.7 Å². The number of nitrogens with zero attached hydrogens (tertiary/aromatic N) is 4. The summed E-state index contributed by atoms with van der Waals surface area (Å²) in [6.07, 6.45) is 3.89. The highest BCUT2D eigenvalue weighted by molar-refractivity contribution is 7.07. The molecule has 3 aromatic heterocycles. The summed E-state index contributed by atoms with van der Waals surface area (Å²) in [5.41, 5.74) is 3.91. The van der Waals surface area contributed by atoms with Crippen molar-refractivity contribution in [2.24, 2.45) is 0 Å². The van der Waals surface area contributed by atoms with Crippen LogP contribution in [-0.2, 0) is 0 Å². The van der Waals surface area contributed by atoms with Gasteiger partial charge in [0.1, 0.15) is 4.88 Å². The number of aromatic amines is 1. The number of hydrogen-bond acceptors (Lipinski definition) is 5. The second-order valence-electron chi connectivity index (χ2n) is 5.94. The van der Waals surface area contributed by atoms with E-state index in [1.165, 1.54) is 11.5 Å². The lowest BCUT2D eigenvalue weighted by molar-refractivity contribution is 0.0710. The molecule has 1 atom stereocenters. The molecule has 4 heterocycles. The first kappa shape index (κ1) is 14.3. The molecule has 1 amide bonds. The highest BCUT2D eigenvalue weighted by Crippen LogP contribution is 2.29. The molecule has 0 saturated carbocycles. The number of H-pyrrole nitrogens is 1.